The largest absolute Gasteiger partial charge is 0.495 e. The van der Waals surface area contributed by atoms with Crippen LogP contribution in [0.1, 0.15) is 23.6 Å². The van der Waals surface area contributed by atoms with E-state index in [1.54, 1.807) is 12.1 Å². The van der Waals surface area contributed by atoms with E-state index >= 15 is 0 Å². The number of hydrogen-bond donors (Lipinski definition) is 1. The van der Waals surface area contributed by atoms with Gasteiger partial charge >= 0.3 is 0 Å². The lowest BCUT2D eigenvalue weighted by Crippen LogP contribution is -2.14. The zero-order valence-corrected chi connectivity index (χ0v) is 22.0. The molecule has 0 aliphatic heterocycles. The SMILES string of the molecule is CCOc1cc(/C=C(\C#N)C(=O)Nc2cc([N+](=O)[O-])ccc2OC)cc(Br)c1OCc1cccc(C)c1. The average molecular weight is 566 g/mol. The summed E-state index contributed by atoms with van der Waals surface area (Å²) in [4.78, 5) is 23.4. The topological polar surface area (TPSA) is 124 Å². The molecule has 0 atom stereocenters. The Kier molecular flexibility index (Phi) is 9.24. The number of rotatable bonds is 10. The number of aryl methyl sites for hydroxylation is 1. The molecule has 0 aliphatic rings. The summed E-state index contributed by atoms with van der Waals surface area (Å²) in [6.45, 7) is 4.54. The van der Waals surface area contributed by atoms with Crippen molar-refractivity contribution in [3.8, 4) is 23.3 Å². The van der Waals surface area contributed by atoms with Crippen LogP contribution in [0.2, 0.25) is 0 Å². The van der Waals surface area contributed by atoms with Crippen molar-refractivity contribution in [2.75, 3.05) is 19.0 Å². The average Bonchev–Trinajstić information content (AvgIpc) is 2.86. The zero-order chi connectivity index (χ0) is 26.9. The molecule has 0 aliphatic carbocycles. The van der Waals surface area contributed by atoms with Crippen molar-refractivity contribution < 1.29 is 23.9 Å². The number of amides is 1. The summed E-state index contributed by atoms with van der Waals surface area (Å²) in [6.07, 6.45) is 1.39. The van der Waals surface area contributed by atoms with Gasteiger partial charge in [-0.05, 0) is 65.2 Å². The number of hydrogen-bond acceptors (Lipinski definition) is 7. The number of non-ortho nitro benzene ring substituents is 1. The summed E-state index contributed by atoms with van der Waals surface area (Å²) in [5.41, 5.74) is 2.24. The monoisotopic (exact) mass is 565 g/mol. The number of nitro groups is 1. The van der Waals surface area contributed by atoms with E-state index in [1.807, 2.05) is 44.2 Å². The summed E-state index contributed by atoms with van der Waals surface area (Å²) in [7, 11) is 1.37. The van der Waals surface area contributed by atoms with E-state index in [-0.39, 0.29) is 22.7 Å². The predicted octanol–water partition coefficient (Wildman–Crippen LogP) is 6.20. The highest BCUT2D eigenvalue weighted by Gasteiger charge is 2.18. The number of anilines is 1. The lowest BCUT2D eigenvalue weighted by Gasteiger charge is -2.15. The first-order chi connectivity index (χ1) is 17.7. The Morgan fingerprint density at radius 2 is 1.95 bits per heavy atom. The number of ether oxygens (including phenoxy) is 3. The fourth-order valence-electron chi connectivity index (χ4n) is 3.44. The fourth-order valence-corrected chi connectivity index (χ4v) is 4.02. The van der Waals surface area contributed by atoms with E-state index in [0.717, 1.165) is 17.2 Å². The highest BCUT2D eigenvalue weighted by molar-refractivity contribution is 9.10. The van der Waals surface area contributed by atoms with Gasteiger partial charge in [0.15, 0.2) is 11.5 Å². The number of methoxy groups -OCH3 is 1. The molecule has 0 radical (unpaired) electrons. The van der Waals surface area contributed by atoms with Gasteiger partial charge in [-0.3, -0.25) is 14.9 Å². The second-order valence-corrected chi connectivity index (χ2v) is 8.66. The van der Waals surface area contributed by atoms with Crippen LogP contribution in [0.15, 0.2) is 64.6 Å². The van der Waals surface area contributed by atoms with Crippen LogP contribution in [0.3, 0.4) is 0 Å². The van der Waals surface area contributed by atoms with E-state index in [9.17, 15) is 20.2 Å². The smallest absolute Gasteiger partial charge is 0.271 e. The Bertz CT molecular complexity index is 1400. The van der Waals surface area contributed by atoms with Crippen molar-refractivity contribution in [1.82, 2.24) is 0 Å². The third kappa shape index (κ3) is 7.08. The van der Waals surface area contributed by atoms with Crippen molar-refractivity contribution in [3.05, 3.63) is 91.4 Å². The molecule has 0 bridgehead atoms. The zero-order valence-electron chi connectivity index (χ0n) is 20.4. The molecule has 37 heavy (non-hydrogen) atoms. The van der Waals surface area contributed by atoms with Gasteiger partial charge in [-0.15, -0.1) is 0 Å². The van der Waals surface area contributed by atoms with Gasteiger partial charge in [-0.2, -0.15) is 5.26 Å². The Balaban J connectivity index is 1.88. The standard InChI is InChI=1S/C27H24BrN3O6/c1-4-36-25-13-19(12-22(28)26(25)37-16-18-7-5-6-17(2)10-18)11-20(15-29)27(32)30-23-14-21(31(33)34)8-9-24(23)35-3/h5-14H,4,16H2,1-3H3,(H,30,32)/b20-11+. The molecule has 0 saturated carbocycles. The number of carbonyl (C=O) groups excluding carboxylic acids is 1. The third-order valence-electron chi connectivity index (χ3n) is 5.12. The molecule has 1 amide bonds. The molecule has 3 aromatic carbocycles. The van der Waals surface area contributed by atoms with Gasteiger partial charge in [-0.1, -0.05) is 29.8 Å². The van der Waals surface area contributed by atoms with Crippen LogP contribution in [0.5, 0.6) is 17.2 Å². The number of halogens is 1. The van der Waals surface area contributed by atoms with Gasteiger partial charge in [0, 0.05) is 12.1 Å². The quantitative estimate of drug-likeness (QED) is 0.134. The Morgan fingerprint density at radius 3 is 2.59 bits per heavy atom. The third-order valence-corrected chi connectivity index (χ3v) is 5.70. The van der Waals surface area contributed by atoms with Crippen molar-refractivity contribution in [1.29, 1.82) is 5.26 Å². The van der Waals surface area contributed by atoms with E-state index < -0.39 is 10.8 Å². The lowest BCUT2D eigenvalue weighted by molar-refractivity contribution is -0.384. The number of benzene rings is 3. The van der Waals surface area contributed by atoms with Crippen molar-refractivity contribution in [2.24, 2.45) is 0 Å². The molecular formula is C27H24BrN3O6. The second kappa shape index (κ2) is 12.6. The minimum Gasteiger partial charge on any atom is -0.495 e. The van der Waals surface area contributed by atoms with Crippen LogP contribution in [0, 0.1) is 28.4 Å². The highest BCUT2D eigenvalue weighted by atomic mass is 79.9. The van der Waals surface area contributed by atoms with Gasteiger partial charge in [-0.25, -0.2) is 0 Å². The summed E-state index contributed by atoms with van der Waals surface area (Å²) in [5, 5.41) is 23.3. The minimum atomic E-state index is -0.754. The molecule has 0 heterocycles. The van der Waals surface area contributed by atoms with E-state index in [4.69, 9.17) is 14.2 Å². The number of nitrogens with zero attached hydrogens (tertiary/aromatic N) is 2. The molecule has 0 spiro atoms. The van der Waals surface area contributed by atoms with E-state index in [2.05, 4.69) is 21.2 Å². The van der Waals surface area contributed by atoms with Crippen molar-refractivity contribution in [2.45, 2.75) is 20.5 Å². The number of nitrogens with one attached hydrogen (secondary N) is 1. The van der Waals surface area contributed by atoms with Gasteiger partial charge in [0.05, 0.1) is 28.8 Å². The maximum atomic E-state index is 12.9. The molecule has 3 rings (SSSR count). The lowest BCUT2D eigenvalue weighted by atomic mass is 10.1. The minimum absolute atomic E-state index is 0.0685. The molecular weight excluding hydrogens is 542 g/mol. The van der Waals surface area contributed by atoms with Crippen LogP contribution >= 0.6 is 15.9 Å². The van der Waals surface area contributed by atoms with Gasteiger partial charge in [0.25, 0.3) is 11.6 Å². The number of carbonyl (C=O) groups is 1. The van der Waals surface area contributed by atoms with Gasteiger partial charge in [0.2, 0.25) is 0 Å². The molecule has 1 N–H and O–H groups in total. The summed E-state index contributed by atoms with van der Waals surface area (Å²) < 4.78 is 17.5. The maximum absolute atomic E-state index is 12.9. The van der Waals surface area contributed by atoms with E-state index in [1.165, 1.54) is 25.3 Å². The summed E-state index contributed by atoms with van der Waals surface area (Å²) in [6, 6.07) is 17.0. The predicted molar refractivity (Wildman–Crippen MR) is 143 cm³/mol. The van der Waals surface area contributed by atoms with Gasteiger partial charge in [0.1, 0.15) is 24.0 Å². The number of nitro benzene ring substituents is 1. The first kappa shape index (κ1) is 27.2. The molecule has 3 aromatic rings. The fraction of sp³-hybridized carbons (Fsp3) is 0.185. The van der Waals surface area contributed by atoms with Gasteiger partial charge < -0.3 is 19.5 Å². The van der Waals surface area contributed by atoms with Crippen LogP contribution in [0.4, 0.5) is 11.4 Å². The molecule has 0 aromatic heterocycles. The maximum Gasteiger partial charge on any atom is 0.271 e. The van der Waals surface area contributed by atoms with Crippen LogP contribution in [0.25, 0.3) is 6.08 Å². The summed E-state index contributed by atoms with van der Waals surface area (Å²) >= 11 is 3.50. The van der Waals surface area contributed by atoms with Crippen molar-refractivity contribution in [3.63, 3.8) is 0 Å². The molecule has 10 heteroatoms. The van der Waals surface area contributed by atoms with Crippen LogP contribution < -0.4 is 19.5 Å². The molecule has 0 unspecified atom stereocenters. The molecule has 0 saturated heterocycles. The first-order valence-corrected chi connectivity index (χ1v) is 11.9. The Morgan fingerprint density at radius 1 is 1.16 bits per heavy atom. The normalized spacial score (nSPS) is 10.8. The Labute approximate surface area is 222 Å². The number of nitriles is 1. The van der Waals surface area contributed by atoms with Crippen molar-refractivity contribution >= 4 is 39.3 Å². The van der Waals surface area contributed by atoms with E-state index in [0.29, 0.717) is 34.7 Å². The highest BCUT2D eigenvalue weighted by Crippen LogP contribution is 2.38. The first-order valence-electron chi connectivity index (χ1n) is 11.2. The van der Waals surface area contributed by atoms with Crippen LogP contribution in [-0.4, -0.2) is 24.5 Å². The van der Waals surface area contributed by atoms with Crippen LogP contribution in [-0.2, 0) is 11.4 Å². The molecule has 0 fully saturated rings. The molecule has 190 valence electrons. The summed E-state index contributed by atoms with van der Waals surface area (Å²) in [5.74, 6) is 0.390. The molecule has 9 nitrogen and oxygen atoms in total. The second-order valence-electron chi connectivity index (χ2n) is 7.81. The Hall–Kier alpha value is -4.36.